The zero-order valence-electron chi connectivity index (χ0n) is 9.66. The molecule has 16 heavy (non-hydrogen) atoms. The molecule has 4 heteroatoms. The van der Waals surface area contributed by atoms with Gasteiger partial charge >= 0.3 is 0 Å². The fourth-order valence-corrected chi connectivity index (χ4v) is 1.09. The lowest BCUT2D eigenvalue weighted by atomic mass is 10.1. The molecule has 1 rings (SSSR count). The van der Waals surface area contributed by atoms with Crippen LogP contribution in [0.25, 0.3) is 0 Å². The number of hydrogen-bond donors (Lipinski definition) is 2. The molecule has 0 aliphatic heterocycles. The largest absolute Gasteiger partial charge is 0.388 e. The summed E-state index contributed by atoms with van der Waals surface area (Å²) in [5.41, 5.74) is 0.503. The van der Waals surface area contributed by atoms with E-state index in [9.17, 15) is 4.79 Å². The molecule has 0 aliphatic rings. The molecule has 0 spiro atoms. The fraction of sp³-hybridized carbons (Fsp3) is 0.333. The van der Waals surface area contributed by atoms with Gasteiger partial charge in [-0.25, -0.2) is 0 Å². The van der Waals surface area contributed by atoms with Crippen LogP contribution in [0.5, 0.6) is 0 Å². The maximum atomic E-state index is 11.8. The molecule has 0 unspecified atom stereocenters. The minimum absolute atomic E-state index is 0.278. The van der Waals surface area contributed by atoms with E-state index in [1.165, 1.54) is 0 Å². The standard InChI is InChI=1S/C12H15N3O/c1-5-12(2,3)15-11(16)10-8-9(13-4)6-7-14-10/h1,6-8H,2-4H3,(H,13,14)(H,15,16). The zero-order chi connectivity index (χ0) is 12.2. The summed E-state index contributed by atoms with van der Waals surface area (Å²) in [5.74, 6) is 2.22. The average molecular weight is 217 g/mol. The molecule has 0 fully saturated rings. The Morgan fingerprint density at radius 2 is 2.25 bits per heavy atom. The van der Waals surface area contributed by atoms with Gasteiger partial charge in [0.2, 0.25) is 0 Å². The number of amides is 1. The second-order valence-electron chi connectivity index (χ2n) is 3.90. The van der Waals surface area contributed by atoms with Crippen LogP contribution in [0.2, 0.25) is 0 Å². The fourth-order valence-electron chi connectivity index (χ4n) is 1.09. The summed E-state index contributed by atoms with van der Waals surface area (Å²) < 4.78 is 0. The van der Waals surface area contributed by atoms with Crippen molar-refractivity contribution in [3.8, 4) is 12.3 Å². The van der Waals surface area contributed by atoms with E-state index in [0.29, 0.717) is 5.69 Å². The Kier molecular flexibility index (Phi) is 3.51. The Hall–Kier alpha value is -2.02. The molecule has 0 atom stereocenters. The molecular weight excluding hydrogens is 202 g/mol. The number of rotatable bonds is 3. The van der Waals surface area contributed by atoms with E-state index < -0.39 is 5.54 Å². The van der Waals surface area contributed by atoms with Crippen LogP contribution in [0.1, 0.15) is 24.3 Å². The van der Waals surface area contributed by atoms with Crippen molar-refractivity contribution >= 4 is 11.6 Å². The number of nitrogens with zero attached hydrogens (tertiary/aromatic N) is 1. The van der Waals surface area contributed by atoms with Crippen molar-refractivity contribution in [2.45, 2.75) is 19.4 Å². The van der Waals surface area contributed by atoms with Gasteiger partial charge in [-0.3, -0.25) is 9.78 Å². The van der Waals surface area contributed by atoms with E-state index >= 15 is 0 Å². The molecule has 84 valence electrons. The first-order valence-corrected chi connectivity index (χ1v) is 4.92. The maximum absolute atomic E-state index is 11.8. The van der Waals surface area contributed by atoms with Gasteiger partial charge in [0, 0.05) is 18.9 Å². The summed E-state index contributed by atoms with van der Waals surface area (Å²) in [6, 6.07) is 3.45. The zero-order valence-corrected chi connectivity index (χ0v) is 9.66. The van der Waals surface area contributed by atoms with Crippen molar-refractivity contribution in [2.24, 2.45) is 0 Å². The summed E-state index contributed by atoms with van der Waals surface area (Å²) >= 11 is 0. The minimum atomic E-state index is -0.672. The molecule has 1 heterocycles. The number of nitrogens with one attached hydrogen (secondary N) is 2. The molecule has 4 nitrogen and oxygen atoms in total. The van der Waals surface area contributed by atoms with Crippen LogP contribution in [0, 0.1) is 12.3 Å². The molecule has 1 aromatic rings. The quantitative estimate of drug-likeness (QED) is 0.749. The van der Waals surface area contributed by atoms with Crippen molar-refractivity contribution in [1.82, 2.24) is 10.3 Å². The first-order chi connectivity index (χ1) is 7.48. The van der Waals surface area contributed by atoms with E-state index in [-0.39, 0.29) is 5.91 Å². The molecule has 0 aromatic carbocycles. The van der Waals surface area contributed by atoms with Gasteiger partial charge in [0.05, 0.1) is 5.54 Å². The SMILES string of the molecule is C#CC(C)(C)NC(=O)c1cc(NC)ccn1. The van der Waals surface area contributed by atoms with Gasteiger partial charge in [-0.1, -0.05) is 5.92 Å². The summed E-state index contributed by atoms with van der Waals surface area (Å²) in [6.45, 7) is 3.51. The highest BCUT2D eigenvalue weighted by Gasteiger charge is 2.18. The van der Waals surface area contributed by atoms with Crippen molar-refractivity contribution < 1.29 is 4.79 Å². The van der Waals surface area contributed by atoms with Crippen molar-refractivity contribution in [2.75, 3.05) is 12.4 Å². The van der Waals surface area contributed by atoms with Gasteiger partial charge in [0.15, 0.2) is 0 Å². The van der Waals surface area contributed by atoms with Crippen molar-refractivity contribution in [1.29, 1.82) is 0 Å². The molecule has 0 saturated heterocycles. The predicted molar refractivity (Wildman–Crippen MR) is 64.2 cm³/mol. The molecule has 0 bridgehead atoms. The minimum Gasteiger partial charge on any atom is -0.388 e. The van der Waals surface area contributed by atoms with Gasteiger partial charge in [-0.2, -0.15) is 0 Å². The Bertz CT molecular complexity index is 432. The lowest BCUT2D eigenvalue weighted by molar-refractivity contribution is 0.0925. The van der Waals surface area contributed by atoms with Gasteiger partial charge in [-0.05, 0) is 26.0 Å². The normalized spacial score (nSPS) is 10.4. The highest BCUT2D eigenvalue weighted by molar-refractivity contribution is 5.93. The summed E-state index contributed by atoms with van der Waals surface area (Å²) in [7, 11) is 1.78. The van der Waals surface area contributed by atoms with E-state index in [1.54, 1.807) is 39.2 Å². The Morgan fingerprint density at radius 1 is 1.56 bits per heavy atom. The summed E-state index contributed by atoms with van der Waals surface area (Å²) in [5, 5.41) is 5.65. The van der Waals surface area contributed by atoms with E-state index in [1.807, 2.05) is 0 Å². The molecule has 1 amide bonds. The average Bonchev–Trinajstić information content (AvgIpc) is 2.28. The molecular formula is C12H15N3O. The van der Waals surface area contributed by atoms with E-state index in [0.717, 1.165) is 5.69 Å². The van der Waals surface area contributed by atoms with Crippen LogP contribution in [-0.4, -0.2) is 23.5 Å². The van der Waals surface area contributed by atoms with Crippen LogP contribution in [0.15, 0.2) is 18.3 Å². The smallest absolute Gasteiger partial charge is 0.271 e. The van der Waals surface area contributed by atoms with Crippen molar-refractivity contribution in [3.63, 3.8) is 0 Å². The second-order valence-corrected chi connectivity index (χ2v) is 3.90. The number of hydrogen-bond acceptors (Lipinski definition) is 3. The number of anilines is 1. The monoisotopic (exact) mass is 217 g/mol. The number of pyridine rings is 1. The Morgan fingerprint density at radius 3 is 2.81 bits per heavy atom. The highest BCUT2D eigenvalue weighted by Crippen LogP contribution is 2.08. The predicted octanol–water partition coefficient (Wildman–Crippen LogP) is 1.26. The third kappa shape index (κ3) is 2.99. The third-order valence-electron chi connectivity index (χ3n) is 2.07. The molecule has 1 aromatic heterocycles. The van der Waals surface area contributed by atoms with Crippen LogP contribution in [0.3, 0.4) is 0 Å². The Labute approximate surface area is 95.5 Å². The number of carbonyl (C=O) groups is 1. The van der Waals surface area contributed by atoms with Gasteiger partial charge < -0.3 is 10.6 Å². The van der Waals surface area contributed by atoms with Gasteiger partial charge in [0.25, 0.3) is 5.91 Å². The van der Waals surface area contributed by atoms with Gasteiger partial charge in [-0.15, -0.1) is 6.42 Å². The first kappa shape index (κ1) is 12.1. The first-order valence-electron chi connectivity index (χ1n) is 4.92. The van der Waals surface area contributed by atoms with E-state index in [4.69, 9.17) is 6.42 Å². The van der Waals surface area contributed by atoms with Gasteiger partial charge in [0.1, 0.15) is 5.69 Å². The van der Waals surface area contributed by atoms with Crippen LogP contribution in [0.4, 0.5) is 5.69 Å². The Balaban J connectivity index is 2.86. The lowest BCUT2D eigenvalue weighted by Crippen LogP contribution is -2.42. The maximum Gasteiger partial charge on any atom is 0.271 e. The topological polar surface area (TPSA) is 54.0 Å². The van der Waals surface area contributed by atoms with Crippen LogP contribution >= 0.6 is 0 Å². The molecule has 2 N–H and O–H groups in total. The lowest BCUT2D eigenvalue weighted by Gasteiger charge is -2.19. The van der Waals surface area contributed by atoms with Crippen LogP contribution in [-0.2, 0) is 0 Å². The molecule has 0 saturated carbocycles. The number of carbonyl (C=O) groups excluding carboxylic acids is 1. The third-order valence-corrected chi connectivity index (χ3v) is 2.07. The summed E-state index contributed by atoms with van der Waals surface area (Å²) in [6.07, 6.45) is 6.86. The molecule has 0 radical (unpaired) electrons. The second kappa shape index (κ2) is 4.67. The summed E-state index contributed by atoms with van der Waals surface area (Å²) in [4.78, 5) is 15.8. The number of aromatic nitrogens is 1. The van der Waals surface area contributed by atoms with Crippen LogP contribution < -0.4 is 10.6 Å². The highest BCUT2D eigenvalue weighted by atomic mass is 16.2. The molecule has 0 aliphatic carbocycles. The number of terminal acetylenes is 1. The van der Waals surface area contributed by atoms with Crippen molar-refractivity contribution in [3.05, 3.63) is 24.0 Å². The van der Waals surface area contributed by atoms with E-state index in [2.05, 4.69) is 21.5 Å².